The monoisotopic (exact) mass is 382 g/mol. The number of anilines is 1. The molecule has 144 valence electrons. The average molecular weight is 382 g/mol. The molecular formula is C19H18F4N2O2. The summed E-state index contributed by atoms with van der Waals surface area (Å²) in [6.45, 7) is 4.82. The second kappa shape index (κ2) is 8.20. The number of hydrogen-bond donors (Lipinski definition) is 1. The van der Waals surface area contributed by atoms with Gasteiger partial charge in [-0.05, 0) is 56.3 Å². The minimum Gasteiger partial charge on any atom is -0.339 e. The van der Waals surface area contributed by atoms with Crippen LogP contribution in [0.3, 0.4) is 0 Å². The quantitative estimate of drug-likeness (QED) is 0.770. The van der Waals surface area contributed by atoms with E-state index in [9.17, 15) is 27.2 Å². The molecule has 27 heavy (non-hydrogen) atoms. The van der Waals surface area contributed by atoms with Crippen LogP contribution in [0.5, 0.6) is 0 Å². The van der Waals surface area contributed by atoms with E-state index in [2.05, 4.69) is 5.32 Å². The van der Waals surface area contributed by atoms with Crippen molar-refractivity contribution in [1.29, 1.82) is 0 Å². The molecule has 0 spiro atoms. The largest absolute Gasteiger partial charge is 0.419 e. The first-order chi connectivity index (χ1) is 12.7. The summed E-state index contributed by atoms with van der Waals surface area (Å²) in [6.07, 6.45) is -4.90. The Balaban J connectivity index is 2.16. The Bertz CT molecular complexity index is 829. The molecule has 0 radical (unpaired) electrons. The van der Waals surface area contributed by atoms with Gasteiger partial charge in [0.25, 0.3) is 11.8 Å². The summed E-state index contributed by atoms with van der Waals surface area (Å²) in [5, 5.41) is 2.43. The Morgan fingerprint density at radius 3 is 2.04 bits per heavy atom. The number of halogens is 4. The molecule has 0 fully saturated rings. The maximum absolute atomic E-state index is 13.3. The van der Waals surface area contributed by atoms with Crippen LogP contribution in [0.15, 0.2) is 42.5 Å². The van der Waals surface area contributed by atoms with Gasteiger partial charge in [0.15, 0.2) is 0 Å². The van der Waals surface area contributed by atoms with Crippen LogP contribution in [0.1, 0.15) is 40.1 Å². The lowest BCUT2D eigenvalue weighted by Gasteiger charge is -2.18. The third-order valence-corrected chi connectivity index (χ3v) is 3.97. The minimum atomic E-state index is -4.90. The number of alkyl halides is 3. The first-order valence-electron chi connectivity index (χ1n) is 8.24. The molecule has 4 nitrogen and oxygen atoms in total. The molecule has 0 unspecified atom stereocenters. The summed E-state index contributed by atoms with van der Waals surface area (Å²) in [7, 11) is 0. The maximum Gasteiger partial charge on any atom is 0.419 e. The number of hydrogen-bond acceptors (Lipinski definition) is 2. The molecule has 0 atom stereocenters. The summed E-state index contributed by atoms with van der Waals surface area (Å²) in [5.74, 6) is -2.42. The SMILES string of the molecule is CCN(CC)C(=O)c1ccc(NC(=O)c2ccc(F)c(C(F)(F)F)c2)cc1. The smallest absolute Gasteiger partial charge is 0.339 e. The summed E-state index contributed by atoms with van der Waals surface area (Å²) in [5.41, 5.74) is -1.10. The van der Waals surface area contributed by atoms with Crippen LogP contribution < -0.4 is 5.32 Å². The first kappa shape index (κ1) is 20.4. The number of carbonyl (C=O) groups is 2. The summed E-state index contributed by atoms with van der Waals surface area (Å²) in [6, 6.07) is 8.01. The Hall–Kier alpha value is -2.90. The highest BCUT2D eigenvalue weighted by molar-refractivity contribution is 6.04. The number of rotatable bonds is 5. The molecule has 0 aliphatic heterocycles. The van der Waals surface area contributed by atoms with Gasteiger partial charge in [-0.1, -0.05) is 0 Å². The van der Waals surface area contributed by atoms with Gasteiger partial charge in [0.2, 0.25) is 0 Å². The van der Waals surface area contributed by atoms with Crippen molar-refractivity contribution in [3.8, 4) is 0 Å². The van der Waals surface area contributed by atoms with Gasteiger partial charge in [-0.15, -0.1) is 0 Å². The minimum absolute atomic E-state index is 0.161. The Labute approximate surface area is 153 Å². The predicted octanol–water partition coefficient (Wildman–Crippen LogP) is 4.58. The van der Waals surface area contributed by atoms with Gasteiger partial charge in [-0.25, -0.2) is 4.39 Å². The predicted molar refractivity (Wildman–Crippen MR) is 93.0 cm³/mol. The van der Waals surface area contributed by atoms with E-state index >= 15 is 0 Å². The van der Waals surface area contributed by atoms with E-state index in [1.54, 1.807) is 4.90 Å². The first-order valence-corrected chi connectivity index (χ1v) is 8.24. The van der Waals surface area contributed by atoms with Crippen molar-refractivity contribution in [3.05, 3.63) is 65.0 Å². The second-order valence-electron chi connectivity index (χ2n) is 5.70. The van der Waals surface area contributed by atoms with Crippen LogP contribution in [0.25, 0.3) is 0 Å². The maximum atomic E-state index is 13.3. The Kier molecular flexibility index (Phi) is 6.20. The van der Waals surface area contributed by atoms with Crippen molar-refractivity contribution in [2.24, 2.45) is 0 Å². The molecule has 2 amide bonds. The normalized spacial score (nSPS) is 11.2. The van der Waals surface area contributed by atoms with E-state index < -0.39 is 23.5 Å². The van der Waals surface area contributed by atoms with Gasteiger partial charge in [0.1, 0.15) is 5.82 Å². The van der Waals surface area contributed by atoms with Crippen LogP contribution in [0, 0.1) is 5.82 Å². The highest BCUT2D eigenvalue weighted by Gasteiger charge is 2.34. The average Bonchev–Trinajstić information content (AvgIpc) is 2.62. The Morgan fingerprint density at radius 2 is 1.52 bits per heavy atom. The van der Waals surface area contributed by atoms with Crippen LogP contribution in [0.4, 0.5) is 23.2 Å². The van der Waals surface area contributed by atoms with Crippen LogP contribution in [0.2, 0.25) is 0 Å². The fourth-order valence-corrected chi connectivity index (χ4v) is 2.48. The standard InChI is InChI=1S/C19H18F4N2O2/c1-3-25(4-2)18(27)12-5-8-14(9-6-12)24-17(26)13-7-10-16(20)15(11-13)19(21,22)23/h5-11H,3-4H2,1-2H3,(H,24,26). The number of benzene rings is 2. The van der Waals surface area contributed by atoms with Crippen LogP contribution in [-0.4, -0.2) is 29.8 Å². The molecule has 1 N–H and O–H groups in total. The van der Waals surface area contributed by atoms with Crippen molar-refractivity contribution in [3.63, 3.8) is 0 Å². The van der Waals surface area contributed by atoms with E-state index in [-0.39, 0.29) is 11.5 Å². The topological polar surface area (TPSA) is 49.4 Å². The molecule has 0 aliphatic rings. The molecule has 8 heteroatoms. The van der Waals surface area contributed by atoms with E-state index in [0.29, 0.717) is 36.5 Å². The van der Waals surface area contributed by atoms with Crippen molar-refractivity contribution < 1.29 is 27.2 Å². The molecular weight excluding hydrogens is 364 g/mol. The molecule has 0 heterocycles. The number of nitrogens with one attached hydrogen (secondary N) is 1. The lowest BCUT2D eigenvalue weighted by Crippen LogP contribution is -2.30. The van der Waals surface area contributed by atoms with Gasteiger partial charge in [0, 0.05) is 29.9 Å². The Morgan fingerprint density at radius 1 is 0.963 bits per heavy atom. The van der Waals surface area contributed by atoms with Crippen molar-refractivity contribution in [2.45, 2.75) is 20.0 Å². The molecule has 0 aromatic heterocycles. The molecule has 0 saturated heterocycles. The van der Waals surface area contributed by atoms with Gasteiger partial charge in [-0.2, -0.15) is 13.2 Å². The summed E-state index contributed by atoms with van der Waals surface area (Å²) < 4.78 is 51.6. The van der Waals surface area contributed by atoms with Crippen LogP contribution >= 0.6 is 0 Å². The highest BCUT2D eigenvalue weighted by Crippen LogP contribution is 2.32. The van der Waals surface area contributed by atoms with Crippen molar-refractivity contribution in [2.75, 3.05) is 18.4 Å². The van der Waals surface area contributed by atoms with E-state index in [0.717, 1.165) is 6.07 Å². The molecule has 0 saturated carbocycles. The van der Waals surface area contributed by atoms with E-state index in [4.69, 9.17) is 0 Å². The van der Waals surface area contributed by atoms with E-state index in [1.807, 2.05) is 13.8 Å². The third kappa shape index (κ3) is 4.84. The zero-order valence-electron chi connectivity index (χ0n) is 14.7. The molecule has 0 aliphatic carbocycles. The summed E-state index contributed by atoms with van der Waals surface area (Å²) >= 11 is 0. The molecule has 2 aromatic carbocycles. The van der Waals surface area contributed by atoms with Crippen LogP contribution in [-0.2, 0) is 6.18 Å². The van der Waals surface area contributed by atoms with Crippen molar-refractivity contribution in [1.82, 2.24) is 4.90 Å². The second-order valence-corrected chi connectivity index (χ2v) is 5.70. The lowest BCUT2D eigenvalue weighted by atomic mass is 10.1. The number of carbonyl (C=O) groups excluding carboxylic acids is 2. The highest BCUT2D eigenvalue weighted by atomic mass is 19.4. The lowest BCUT2D eigenvalue weighted by molar-refractivity contribution is -0.140. The zero-order chi connectivity index (χ0) is 20.2. The van der Waals surface area contributed by atoms with Gasteiger partial charge in [0.05, 0.1) is 5.56 Å². The third-order valence-electron chi connectivity index (χ3n) is 3.97. The van der Waals surface area contributed by atoms with Gasteiger partial charge < -0.3 is 10.2 Å². The van der Waals surface area contributed by atoms with Gasteiger partial charge >= 0.3 is 6.18 Å². The fourth-order valence-electron chi connectivity index (χ4n) is 2.48. The molecule has 0 bridgehead atoms. The number of amides is 2. The zero-order valence-corrected chi connectivity index (χ0v) is 14.7. The summed E-state index contributed by atoms with van der Waals surface area (Å²) in [4.78, 5) is 26.0. The molecule has 2 rings (SSSR count). The van der Waals surface area contributed by atoms with Crippen molar-refractivity contribution >= 4 is 17.5 Å². The van der Waals surface area contributed by atoms with E-state index in [1.165, 1.54) is 24.3 Å². The number of nitrogens with zero attached hydrogens (tertiary/aromatic N) is 1. The fraction of sp³-hybridized carbons (Fsp3) is 0.263. The van der Waals surface area contributed by atoms with Gasteiger partial charge in [-0.3, -0.25) is 9.59 Å². The molecule has 2 aromatic rings.